The molecule has 1 aromatic rings. The van der Waals surface area contributed by atoms with E-state index >= 15 is 0 Å². The van der Waals surface area contributed by atoms with Gasteiger partial charge in [0.05, 0.1) is 7.11 Å². The van der Waals surface area contributed by atoms with Crippen molar-refractivity contribution in [2.75, 3.05) is 26.7 Å². The van der Waals surface area contributed by atoms with E-state index in [1.165, 1.54) is 23.8 Å². The summed E-state index contributed by atoms with van der Waals surface area (Å²) in [6, 6.07) is 5.95. The van der Waals surface area contributed by atoms with Gasteiger partial charge in [0.25, 0.3) is 5.91 Å². The Hall–Kier alpha value is -2.90. The predicted molar refractivity (Wildman–Crippen MR) is 94.2 cm³/mol. The number of nitrogens with zero attached hydrogens (tertiary/aromatic N) is 2. The Kier molecular flexibility index (Phi) is 4.91. The van der Waals surface area contributed by atoms with E-state index in [1.54, 1.807) is 31.2 Å². The number of Topliss-reactive ketones (excluding diaryl/α,β-unsaturated/α-hetero) is 1. The van der Waals surface area contributed by atoms with Crippen LogP contribution in [-0.2, 0) is 19.1 Å². The second kappa shape index (κ2) is 7.02. The van der Waals surface area contributed by atoms with Gasteiger partial charge in [-0.25, -0.2) is 0 Å². The number of rotatable bonds is 5. The third kappa shape index (κ3) is 3.51. The van der Waals surface area contributed by atoms with Gasteiger partial charge in [-0.3, -0.25) is 19.2 Å². The summed E-state index contributed by atoms with van der Waals surface area (Å²) in [5.41, 5.74) is -0.726. The number of carbonyl (C=O) groups excluding carboxylic acids is 4. The van der Waals surface area contributed by atoms with E-state index in [4.69, 9.17) is 4.74 Å². The summed E-state index contributed by atoms with van der Waals surface area (Å²) in [7, 11) is 1.27. The van der Waals surface area contributed by atoms with Crippen LogP contribution < -0.4 is 4.74 Å². The lowest BCUT2D eigenvalue weighted by atomic mass is 10.0. The van der Waals surface area contributed by atoms with Gasteiger partial charge in [0.15, 0.2) is 11.4 Å². The monoisotopic (exact) mass is 374 g/mol. The largest absolute Gasteiger partial charge is 0.478 e. The smallest absolute Gasteiger partial charge is 0.325 e. The summed E-state index contributed by atoms with van der Waals surface area (Å²) >= 11 is 0. The van der Waals surface area contributed by atoms with E-state index in [9.17, 15) is 19.2 Å². The second-order valence-electron chi connectivity index (χ2n) is 6.97. The molecule has 0 unspecified atom stereocenters. The molecule has 8 heteroatoms. The first-order valence-electron chi connectivity index (χ1n) is 8.72. The average Bonchev–Trinajstić information content (AvgIpc) is 2.89. The highest BCUT2D eigenvalue weighted by Crippen LogP contribution is 2.35. The summed E-state index contributed by atoms with van der Waals surface area (Å²) < 4.78 is 10.6. The molecule has 2 heterocycles. The Morgan fingerprint density at radius 2 is 2.00 bits per heavy atom. The molecule has 3 rings (SSSR count). The number of hydrogen-bond acceptors (Lipinski definition) is 6. The van der Waals surface area contributed by atoms with Crippen molar-refractivity contribution < 1.29 is 28.7 Å². The highest BCUT2D eigenvalue weighted by Gasteiger charge is 2.55. The van der Waals surface area contributed by atoms with Crippen molar-refractivity contribution in [3.8, 4) is 5.75 Å². The van der Waals surface area contributed by atoms with Crippen molar-refractivity contribution in [1.29, 1.82) is 0 Å². The van der Waals surface area contributed by atoms with Gasteiger partial charge in [-0.1, -0.05) is 12.1 Å². The van der Waals surface area contributed by atoms with Crippen LogP contribution in [0.5, 0.6) is 5.75 Å². The summed E-state index contributed by atoms with van der Waals surface area (Å²) in [5, 5.41) is 0. The molecule has 2 aliphatic rings. The van der Waals surface area contributed by atoms with Gasteiger partial charge in [0.2, 0.25) is 5.91 Å². The Morgan fingerprint density at radius 1 is 1.26 bits per heavy atom. The fourth-order valence-electron chi connectivity index (χ4n) is 3.54. The molecule has 0 radical (unpaired) electrons. The maximum atomic E-state index is 12.9. The molecule has 144 valence electrons. The zero-order valence-electron chi connectivity index (χ0n) is 15.6. The number of piperazine rings is 1. The van der Waals surface area contributed by atoms with E-state index in [1.807, 2.05) is 0 Å². The average molecular weight is 374 g/mol. The Labute approximate surface area is 157 Å². The minimum Gasteiger partial charge on any atom is -0.478 e. The summed E-state index contributed by atoms with van der Waals surface area (Å²) in [6.45, 7) is 3.57. The number of esters is 1. The molecule has 0 aliphatic carbocycles. The standard InChI is InChI=1S/C19H22N2O6/c1-12(22)13-5-4-6-14(9-13)27-19(2)10-15-17(24)20(11-16(23)26-3)7-8-21(15)18(19)25/h4-6,9,15H,7-8,10-11H2,1-3H3/t15-,19-/m0/s1. The van der Waals surface area contributed by atoms with Gasteiger partial charge in [-0.05, 0) is 26.0 Å². The number of fused-ring (bicyclic) bond motifs is 1. The minimum atomic E-state index is -1.21. The second-order valence-corrected chi connectivity index (χ2v) is 6.97. The van der Waals surface area contributed by atoms with E-state index in [0.717, 1.165) is 0 Å². The minimum absolute atomic E-state index is 0.102. The first-order chi connectivity index (χ1) is 12.7. The number of ether oxygens (including phenoxy) is 2. The molecule has 0 saturated carbocycles. The van der Waals surface area contributed by atoms with Crippen molar-refractivity contribution in [2.24, 2.45) is 0 Å². The molecule has 0 aromatic heterocycles. The van der Waals surface area contributed by atoms with Crippen LogP contribution in [0, 0.1) is 0 Å². The topological polar surface area (TPSA) is 93.2 Å². The molecule has 2 atom stereocenters. The van der Waals surface area contributed by atoms with E-state index < -0.39 is 17.6 Å². The Morgan fingerprint density at radius 3 is 2.67 bits per heavy atom. The fourth-order valence-corrected chi connectivity index (χ4v) is 3.54. The lowest BCUT2D eigenvalue weighted by molar-refractivity contribution is -0.154. The van der Waals surface area contributed by atoms with Crippen LogP contribution in [0.3, 0.4) is 0 Å². The number of amides is 2. The lowest BCUT2D eigenvalue weighted by Gasteiger charge is -2.35. The number of ketones is 1. The highest BCUT2D eigenvalue weighted by molar-refractivity contribution is 5.98. The van der Waals surface area contributed by atoms with Crippen LogP contribution in [0.1, 0.15) is 30.6 Å². The van der Waals surface area contributed by atoms with Crippen molar-refractivity contribution in [1.82, 2.24) is 9.80 Å². The highest BCUT2D eigenvalue weighted by atomic mass is 16.5. The first kappa shape index (κ1) is 18.9. The third-order valence-corrected chi connectivity index (χ3v) is 5.01. The van der Waals surface area contributed by atoms with E-state index in [2.05, 4.69) is 4.74 Å². The zero-order chi connectivity index (χ0) is 19.8. The SMILES string of the molecule is COC(=O)CN1CCN2C(=O)[C@@](C)(Oc3cccc(C(C)=O)c3)C[C@H]2C1=O. The predicted octanol–water partition coefficient (Wildman–Crippen LogP) is 0.643. The third-order valence-electron chi connectivity index (χ3n) is 5.01. The molecule has 0 spiro atoms. The fraction of sp³-hybridized carbons (Fsp3) is 0.474. The van der Waals surface area contributed by atoms with Crippen LogP contribution in [0.25, 0.3) is 0 Å². The van der Waals surface area contributed by atoms with Crippen LogP contribution in [0.4, 0.5) is 0 Å². The molecule has 0 bridgehead atoms. The van der Waals surface area contributed by atoms with Crippen LogP contribution in [0.15, 0.2) is 24.3 Å². The van der Waals surface area contributed by atoms with Crippen molar-refractivity contribution in [3.63, 3.8) is 0 Å². The molecule has 2 amide bonds. The van der Waals surface area contributed by atoms with Gasteiger partial charge in [0, 0.05) is 25.1 Å². The summed E-state index contributed by atoms with van der Waals surface area (Å²) in [6.07, 6.45) is 0.173. The molecule has 2 fully saturated rings. The van der Waals surface area contributed by atoms with Crippen molar-refractivity contribution in [2.45, 2.75) is 31.9 Å². The molecule has 8 nitrogen and oxygen atoms in total. The van der Waals surface area contributed by atoms with Gasteiger partial charge in [-0.2, -0.15) is 0 Å². The van der Waals surface area contributed by atoms with Crippen molar-refractivity contribution in [3.05, 3.63) is 29.8 Å². The Balaban J connectivity index is 1.78. The molecular formula is C19H22N2O6. The number of carbonyl (C=O) groups is 4. The Bertz CT molecular complexity index is 807. The van der Waals surface area contributed by atoms with Gasteiger partial charge in [-0.15, -0.1) is 0 Å². The van der Waals surface area contributed by atoms with Crippen molar-refractivity contribution >= 4 is 23.6 Å². The van der Waals surface area contributed by atoms with Gasteiger partial charge < -0.3 is 19.3 Å². The van der Waals surface area contributed by atoms with Gasteiger partial charge >= 0.3 is 5.97 Å². The van der Waals surface area contributed by atoms with Crippen LogP contribution >= 0.6 is 0 Å². The molecule has 27 heavy (non-hydrogen) atoms. The zero-order valence-corrected chi connectivity index (χ0v) is 15.6. The maximum Gasteiger partial charge on any atom is 0.325 e. The summed E-state index contributed by atoms with van der Waals surface area (Å²) in [5.74, 6) is -0.760. The number of benzene rings is 1. The number of methoxy groups -OCH3 is 1. The lowest BCUT2D eigenvalue weighted by Crippen LogP contribution is -2.56. The summed E-state index contributed by atoms with van der Waals surface area (Å²) in [4.78, 5) is 51.6. The van der Waals surface area contributed by atoms with Crippen LogP contribution in [-0.4, -0.2) is 71.8 Å². The van der Waals surface area contributed by atoms with Gasteiger partial charge in [0.1, 0.15) is 18.3 Å². The normalized spacial score (nSPS) is 24.6. The molecule has 2 aliphatic heterocycles. The van der Waals surface area contributed by atoms with Crippen LogP contribution in [0.2, 0.25) is 0 Å². The number of hydrogen-bond donors (Lipinski definition) is 0. The molecular weight excluding hydrogens is 352 g/mol. The molecule has 0 N–H and O–H groups in total. The quantitative estimate of drug-likeness (QED) is 0.555. The molecule has 2 saturated heterocycles. The van der Waals surface area contributed by atoms with E-state index in [-0.39, 0.29) is 37.1 Å². The first-order valence-corrected chi connectivity index (χ1v) is 8.72. The maximum absolute atomic E-state index is 12.9. The molecule has 1 aromatic carbocycles. The van der Waals surface area contributed by atoms with E-state index in [0.29, 0.717) is 17.9 Å².